The van der Waals surface area contributed by atoms with Crippen LogP contribution in [0, 0.1) is 10.1 Å². The Hall–Kier alpha value is -1.82. The summed E-state index contributed by atoms with van der Waals surface area (Å²) in [7, 11) is 1.33. The number of benzene rings is 1. The van der Waals surface area contributed by atoms with Crippen LogP contribution in [0.2, 0.25) is 5.02 Å². The van der Waals surface area contributed by atoms with Gasteiger partial charge in [0.1, 0.15) is 16.4 Å². The minimum atomic E-state index is -0.577. The topological polar surface area (TPSA) is 78.7 Å². The van der Waals surface area contributed by atoms with Crippen LogP contribution in [0.5, 0.6) is 5.75 Å². The van der Waals surface area contributed by atoms with Gasteiger partial charge in [0.15, 0.2) is 0 Å². The molecule has 20 heavy (non-hydrogen) atoms. The van der Waals surface area contributed by atoms with Gasteiger partial charge in [-0.15, -0.1) is 0 Å². The number of carbonyl (C=O) groups excluding carboxylic acids is 1. The molecule has 0 atom stereocenters. The first-order valence-electron chi connectivity index (χ1n) is 6.15. The maximum Gasteiger partial charge on any atom is 0.309 e. The monoisotopic (exact) mass is 299 g/mol. The van der Waals surface area contributed by atoms with E-state index in [4.69, 9.17) is 16.3 Å². The molecule has 1 aromatic rings. The zero-order valence-corrected chi connectivity index (χ0v) is 11.7. The van der Waals surface area contributed by atoms with Crippen LogP contribution in [0.1, 0.15) is 25.7 Å². The highest BCUT2D eigenvalue weighted by Gasteiger charge is 2.42. The highest BCUT2D eigenvalue weighted by Crippen LogP contribution is 2.41. The quantitative estimate of drug-likeness (QED) is 0.474. The summed E-state index contributed by atoms with van der Waals surface area (Å²) in [6, 6.07) is 4.18. The highest BCUT2D eigenvalue weighted by molar-refractivity contribution is 6.32. The lowest BCUT2D eigenvalue weighted by Crippen LogP contribution is -2.45. The number of hydrogen-bond donors (Lipinski definition) is 0. The molecule has 0 radical (unpaired) electrons. The first-order valence-corrected chi connectivity index (χ1v) is 6.53. The molecule has 0 N–H and O–H groups in total. The van der Waals surface area contributed by atoms with E-state index in [1.807, 2.05) is 0 Å². The van der Waals surface area contributed by atoms with Crippen LogP contribution in [-0.2, 0) is 9.53 Å². The number of nitro benzene ring substituents is 1. The Balaban J connectivity index is 2.14. The molecule has 7 heteroatoms. The molecule has 0 spiro atoms. The van der Waals surface area contributed by atoms with Crippen LogP contribution in [0.25, 0.3) is 0 Å². The van der Waals surface area contributed by atoms with Crippen molar-refractivity contribution >= 4 is 23.3 Å². The molecule has 0 amide bonds. The van der Waals surface area contributed by atoms with Gasteiger partial charge in [-0.25, -0.2) is 0 Å². The summed E-state index contributed by atoms with van der Waals surface area (Å²) < 4.78 is 10.5. The molecule has 0 bridgehead atoms. The second-order valence-corrected chi connectivity index (χ2v) is 5.17. The lowest BCUT2D eigenvalue weighted by Gasteiger charge is -2.41. The molecule has 1 aliphatic rings. The van der Waals surface area contributed by atoms with E-state index in [1.165, 1.54) is 25.3 Å². The Bertz CT molecular complexity index is 542. The molecular formula is C13H14ClNO5. The van der Waals surface area contributed by atoms with Crippen molar-refractivity contribution in [2.24, 2.45) is 0 Å². The molecule has 1 fully saturated rings. The Kier molecular flexibility index (Phi) is 4.13. The van der Waals surface area contributed by atoms with Crippen LogP contribution in [0.4, 0.5) is 5.69 Å². The van der Waals surface area contributed by atoms with Crippen LogP contribution in [-0.4, -0.2) is 23.6 Å². The molecule has 6 nitrogen and oxygen atoms in total. The second kappa shape index (κ2) is 5.66. The second-order valence-electron chi connectivity index (χ2n) is 4.76. The van der Waals surface area contributed by atoms with Crippen molar-refractivity contribution in [1.29, 1.82) is 0 Å². The van der Waals surface area contributed by atoms with Crippen molar-refractivity contribution in [1.82, 2.24) is 0 Å². The Morgan fingerprint density at radius 1 is 1.50 bits per heavy atom. The minimum absolute atomic E-state index is 0.0139. The zero-order chi connectivity index (χ0) is 14.8. The van der Waals surface area contributed by atoms with Gasteiger partial charge in [-0.05, 0) is 25.3 Å². The third-order valence-corrected chi connectivity index (χ3v) is 3.71. The fourth-order valence-electron chi connectivity index (χ4n) is 2.17. The maximum absolute atomic E-state index is 11.4. The van der Waals surface area contributed by atoms with Crippen LogP contribution in [0.3, 0.4) is 0 Å². The lowest BCUT2D eigenvalue weighted by molar-refractivity contribution is -0.384. The molecule has 0 aromatic heterocycles. The fraction of sp³-hybridized carbons (Fsp3) is 0.462. The van der Waals surface area contributed by atoms with Crippen molar-refractivity contribution < 1.29 is 19.2 Å². The predicted octanol–water partition coefficient (Wildman–Crippen LogP) is 3.11. The summed E-state index contributed by atoms with van der Waals surface area (Å²) in [5, 5.41) is 10.7. The van der Waals surface area contributed by atoms with Gasteiger partial charge in [-0.3, -0.25) is 14.9 Å². The lowest BCUT2D eigenvalue weighted by atomic mass is 9.77. The van der Waals surface area contributed by atoms with Crippen molar-refractivity contribution in [2.75, 3.05) is 7.11 Å². The normalized spacial score (nSPS) is 16.1. The maximum atomic E-state index is 11.4. The van der Waals surface area contributed by atoms with Crippen molar-refractivity contribution in [2.45, 2.75) is 31.3 Å². The van der Waals surface area contributed by atoms with Crippen LogP contribution >= 0.6 is 11.6 Å². The van der Waals surface area contributed by atoms with Gasteiger partial charge in [0, 0.05) is 12.1 Å². The Morgan fingerprint density at radius 3 is 2.65 bits per heavy atom. The Morgan fingerprint density at radius 2 is 2.20 bits per heavy atom. The summed E-state index contributed by atoms with van der Waals surface area (Å²) in [5.41, 5.74) is -0.748. The van der Waals surface area contributed by atoms with E-state index in [2.05, 4.69) is 4.74 Å². The van der Waals surface area contributed by atoms with E-state index in [0.717, 1.165) is 19.3 Å². The van der Waals surface area contributed by atoms with Gasteiger partial charge in [0.05, 0.1) is 18.5 Å². The highest BCUT2D eigenvalue weighted by atomic mass is 35.5. The summed E-state index contributed by atoms with van der Waals surface area (Å²) in [4.78, 5) is 21.5. The van der Waals surface area contributed by atoms with Crippen LogP contribution in [0.15, 0.2) is 18.2 Å². The van der Waals surface area contributed by atoms with Gasteiger partial charge in [0.2, 0.25) is 0 Å². The smallest absolute Gasteiger partial charge is 0.309 e. The zero-order valence-electron chi connectivity index (χ0n) is 10.9. The van der Waals surface area contributed by atoms with E-state index < -0.39 is 10.5 Å². The number of rotatable bonds is 5. The minimum Gasteiger partial charge on any atom is -0.487 e. The number of hydrogen-bond acceptors (Lipinski definition) is 5. The van der Waals surface area contributed by atoms with Crippen molar-refractivity contribution in [3.05, 3.63) is 33.3 Å². The SMILES string of the molecule is COC(=O)CC1(Oc2ccc([N+](=O)[O-])c(Cl)c2)CCC1. The predicted molar refractivity (Wildman–Crippen MR) is 71.9 cm³/mol. The number of halogens is 1. The summed E-state index contributed by atoms with van der Waals surface area (Å²) in [6.45, 7) is 0. The van der Waals surface area contributed by atoms with E-state index in [0.29, 0.717) is 5.75 Å². The van der Waals surface area contributed by atoms with Gasteiger partial charge < -0.3 is 9.47 Å². The van der Waals surface area contributed by atoms with E-state index in [9.17, 15) is 14.9 Å². The van der Waals surface area contributed by atoms with E-state index >= 15 is 0 Å². The first-order chi connectivity index (χ1) is 9.46. The number of nitrogens with zero attached hydrogens (tertiary/aromatic N) is 1. The molecule has 0 aliphatic heterocycles. The largest absolute Gasteiger partial charge is 0.487 e. The number of nitro groups is 1. The molecule has 1 saturated carbocycles. The summed E-state index contributed by atoms with van der Waals surface area (Å²) in [5.74, 6) is 0.0851. The molecule has 0 saturated heterocycles. The molecular weight excluding hydrogens is 286 g/mol. The summed E-state index contributed by atoms with van der Waals surface area (Å²) >= 11 is 5.83. The fourth-order valence-corrected chi connectivity index (χ4v) is 2.41. The third kappa shape index (κ3) is 3.01. The number of esters is 1. The number of methoxy groups -OCH3 is 1. The number of carbonyl (C=O) groups is 1. The molecule has 2 rings (SSSR count). The standard InChI is InChI=1S/C13H14ClNO5/c1-19-12(16)8-13(5-2-6-13)20-9-3-4-11(15(17)18)10(14)7-9/h3-4,7H,2,5-6,8H2,1H3. The van der Waals surface area contributed by atoms with Gasteiger partial charge in [-0.2, -0.15) is 0 Å². The third-order valence-electron chi connectivity index (χ3n) is 3.41. The van der Waals surface area contributed by atoms with Crippen molar-refractivity contribution in [3.63, 3.8) is 0 Å². The van der Waals surface area contributed by atoms with Gasteiger partial charge in [0.25, 0.3) is 5.69 Å². The molecule has 1 aliphatic carbocycles. The van der Waals surface area contributed by atoms with Gasteiger partial charge >= 0.3 is 5.97 Å². The molecule has 1 aromatic carbocycles. The Labute approximate surface area is 120 Å². The van der Waals surface area contributed by atoms with E-state index in [-0.39, 0.29) is 23.1 Å². The average Bonchev–Trinajstić information content (AvgIpc) is 2.35. The number of ether oxygens (including phenoxy) is 2. The van der Waals surface area contributed by atoms with E-state index in [1.54, 1.807) is 0 Å². The molecule has 0 unspecified atom stereocenters. The van der Waals surface area contributed by atoms with Crippen LogP contribution < -0.4 is 4.74 Å². The summed E-state index contributed by atoms with van der Waals surface area (Å²) in [6.07, 6.45) is 2.63. The van der Waals surface area contributed by atoms with Crippen molar-refractivity contribution in [3.8, 4) is 5.75 Å². The average molecular weight is 300 g/mol. The molecule has 0 heterocycles. The first kappa shape index (κ1) is 14.6. The van der Waals surface area contributed by atoms with Gasteiger partial charge in [-0.1, -0.05) is 11.6 Å². The molecule has 108 valence electrons.